The van der Waals surface area contributed by atoms with Crippen LogP contribution in [0.2, 0.25) is 0 Å². The molecule has 1 aromatic carbocycles. The van der Waals surface area contributed by atoms with Gasteiger partial charge in [0.25, 0.3) is 0 Å². The van der Waals surface area contributed by atoms with E-state index in [1.54, 1.807) is 0 Å². The molecule has 2 unspecified atom stereocenters. The van der Waals surface area contributed by atoms with Gasteiger partial charge in [-0.25, -0.2) is 0 Å². The second kappa shape index (κ2) is 7.20. The Morgan fingerprint density at radius 1 is 1.50 bits per heavy atom. The van der Waals surface area contributed by atoms with Gasteiger partial charge in [0.1, 0.15) is 6.04 Å². The van der Waals surface area contributed by atoms with Crippen molar-refractivity contribution in [2.45, 2.75) is 31.9 Å². The zero-order valence-electron chi connectivity index (χ0n) is 11.7. The molecule has 4 nitrogen and oxygen atoms in total. The number of carbonyl (C=O) groups excluding carboxylic acids is 1. The molecule has 2 N–H and O–H groups in total. The van der Waals surface area contributed by atoms with Crippen molar-refractivity contribution < 1.29 is 9.53 Å². The van der Waals surface area contributed by atoms with Crippen molar-refractivity contribution in [3.63, 3.8) is 0 Å². The molecule has 110 valence electrons. The predicted octanol–water partition coefficient (Wildman–Crippen LogP) is 2.48. The fraction of sp³-hybridized carbons (Fsp3) is 0.533. The molecule has 1 fully saturated rings. The molecule has 1 amide bonds. The maximum absolute atomic E-state index is 11.9. The summed E-state index contributed by atoms with van der Waals surface area (Å²) >= 11 is 3.41. The van der Waals surface area contributed by atoms with E-state index in [1.807, 2.05) is 31.2 Å². The van der Waals surface area contributed by atoms with E-state index in [0.717, 1.165) is 36.0 Å². The lowest BCUT2D eigenvalue weighted by atomic mass is 10.00. The molecule has 5 heteroatoms. The average molecular weight is 341 g/mol. The Hall–Kier alpha value is -0.910. The number of nitrogens with two attached hydrogens (primary N) is 1. The van der Waals surface area contributed by atoms with Gasteiger partial charge >= 0.3 is 0 Å². The molecule has 1 aliphatic heterocycles. The summed E-state index contributed by atoms with van der Waals surface area (Å²) in [6.45, 7) is 4.35. The summed E-state index contributed by atoms with van der Waals surface area (Å²) < 4.78 is 6.69. The number of ether oxygens (including phenoxy) is 1. The molecule has 0 spiro atoms. The van der Waals surface area contributed by atoms with Crippen LogP contribution in [0.25, 0.3) is 0 Å². The third-order valence-corrected chi connectivity index (χ3v) is 4.16. The third kappa shape index (κ3) is 3.81. The zero-order valence-corrected chi connectivity index (χ0v) is 13.3. The number of primary amides is 1. The van der Waals surface area contributed by atoms with E-state index in [0.29, 0.717) is 6.61 Å². The lowest BCUT2D eigenvalue weighted by molar-refractivity contribution is -0.125. The van der Waals surface area contributed by atoms with Gasteiger partial charge in [0.05, 0.1) is 6.10 Å². The maximum Gasteiger partial charge on any atom is 0.239 e. The van der Waals surface area contributed by atoms with Crippen LogP contribution in [-0.2, 0) is 9.53 Å². The van der Waals surface area contributed by atoms with Crippen molar-refractivity contribution in [1.29, 1.82) is 0 Å². The van der Waals surface area contributed by atoms with Crippen molar-refractivity contribution >= 4 is 21.8 Å². The van der Waals surface area contributed by atoms with Crippen LogP contribution in [0.4, 0.5) is 0 Å². The van der Waals surface area contributed by atoms with Crippen molar-refractivity contribution in [2.75, 3.05) is 19.7 Å². The standard InChI is InChI=1S/C15H21BrN2O2/c1-2-20-13-4-3-9-18(10-13)14(15(17)19)11-5-7-12(16)8-6-11/h5-8,13-14H,2-4,9-10H2,1H3,(H2,17,19). The van der Waals surface area contributed by atoms with Gasteiger partial charge in [0, 0.05) is 17.6 Å². The number of hydrogen-bond acceptors (Lipinski definition) is 3. The third-order valence-electron chi connectivity index (χ3n) is 3.63. The molecule has 2 atom stereocenters. The Bertz CT molecular complexity index is 448. The highest BCUT2D eigenvalue weighted by atomic mass is 79.9. The predicted molar refractivity (Wildman–Crippen MR) is 82.3 cm³/mol. The molecule has 0 bridgehead atoms. The molecule has 1 aliphatic rings. The van der Waals surface area contributed by atoms with Crippen LogP contribution < -0.4 is 5.73 Å². The van der Waals surface area contributed by atoms with E-state index in [2.05, 4.69) is 20.8 Å². The topological polar surface area (TPSA) is 55.6 Å². The summed E-state index contributed by atoms with van der Waals surface area (Å²) in [4.78, 5) is 14.0. The number of halogens is 1. The van der Waals surface area contributed by atoms with Gasteiger partial charge in [-0.05, 0) is 44.0 Å². The maximum atomic E-state index is 11.9. The number of hydrogen-bond donors (Lipinski definition) is 1. The molecule has 20 heavy (non-hydrogen) atoms. The first-order chi connectivity index (χ1) is 9.61. The van der Waals surface area contributed by atoms with E-state index in [1.165, 1.54) is 0 Å². The van der Waals surface area contributed by atoms with E-state index in [4.69, 9.17) is 10.5 Å². The highest BCUT2D eigenvalue weighted by molar-refractivity contribution is 9.10. The van der Waals surface area contributed by atoms with E-state index in [9.17, 15) is 4.79 Å². The van der Waals surface area contributed by atoms with Gasteiger partial charge in [0.2, 0.25) is 5.91 Å². The van der Waals surface area contributed by atoms with Crippen LogP contribution in [0.1, 0.15) is 31.4 Å². The van der Waals surface area contributed by atoms with E-state index >= 15 is 0 Å². The number of carbonyl (C=O) groups is 1. The normalized spacial score (nSPS) is 21.6. The Morgan fingerprint density at radius 3 is 2.80 bits per heavy atom. The van der Waals surface area contributed by atoms with Crippen LogP contribution in [0.5, 0.6) is 0 Å². The summed E-state index contributed by atoms with van der Waals surface area (Å²) in [7, 11) is 0. The highest BCUT2D eigenvalue weighted by Crippen LogP contribution is 2.26. The van der Waals surface area contributed by atoms with Crippen molar-refractivity contribution in [3.8, 4) is 0 Å². The average Bonchev–Trinajstić information content (AvgIpc) is 2.42. The minimum Gasteiger partial charge on any atom is -0.377 e. The van der Waals surface area contributed by atoms with Crippen molar-refractivity contribution in [2.24, 2.45) is 5.73 Å². The monoisotopic (exact) mass is 340 g/mol. The molecule has 1 saturated heterocycles. The summed E-state index contributed by atoms with van der Waals surface area (Å²) in [6.07, 6.45) is 2.28. The molecule has 0 aliphatic carbocycles. The number of benzene rings is 1. The minimum absolute atomic E-state index is 0.200. The fourth-order valence-electron chi connectivity index (χ4n) is 2.77. The summed E-state index contributed by atoms with van der Waals surface area (Å²) in [5.74, 6) is -0.301. The zero-order chi connectivity index (χ0) is 14.5. The Morgan fingerprint density at radius 2 is 2.20 bits per heavy atom. The van der Waals surface area contributed by atoms with Gasteiger partial charge in [-0.2, -0.15) is 0 Å². The van der Waals surface area contributed by atoms with Gasteiger partial charge in [-0.1, -0.05) is 28.1 Å². The lowest BCUT2D eigenvalue weighted by Gasteiger charge is -2.36. The van der Waals surface area contributed by atoms with Crippen molar-refractivity contribution in [3.05, 3.63) is 34.3 Å². The number of likely N-dealkylation sites (tertiary alicyclic amines) is 1. The molecular formula is C15H21BrN2O2. The molecule has 0 aromatic heterocycles. The van der Waals surface area contributed by atoms with E-state index in [-0.39, 0.29) is 18.1 Å². The first kappa shape index (κ1) is 15.5. The second-order valence-corrected chi connectivity index (χ2v) is 5.99. The van der Waals surface area contributed by atoms with Crippen LogP contribution in [-0.4, -0.2) is 36.6 Å². The Kier molecular flexibility index (Phi) is 5.57. The van der Waals surface area contributed by atoms with Gasteiger partial charge in [0.15, 0.2) is 0 Å². The molecule has 2 rings (SSSR count). The highest BCUT2D eigenvalue weighted by Gasteiger charge is 2.30. The summed E-state index contributed by atoms with van der Waals surface area (Å²) in [6, 6.07) is 7.41. The molecule has 1 heterocycles. The summed E-state index contributed by atoms with van der Waals surface area (Å²) in [5.41, 5.74) is 6.57. The SMILES string of the molecule is CCOC1CCCN(C(C(N)=O)c2ccc(Br)cc2)C1. The number of rotatable bonds is 5. The van der Waals surface area contributed by atoms with Crippen LogP contribution >= 0.6 is 15.9 Å². The first-order valence-corrected chi connectivity index (χ1v) is 7.81. The number of amides is 1. The van der Waals surface area contributed by atoms with Gasteiger partial charge in [-0.3, -0.25) is 9.69 Å². The van der Waals surface area contributed by atoms with E-state index < -0.39 is 0 Å². The minimum atomic E-state index is -0.369. The smallest absolute Gasteiger partial charge is 0.239 e. The number of piperidine rings is 1. The summed E-state index contributed by atoms with van der Waals surface area (Å²) in [5, 5.41) is 0. The Labute approximate surface area is 128 Å². The molecular weight excluding hydrogens is 320 g/mol. The first-order valence-electron chi connectivity index (χ1n) is 7.02. The molecule has 0 saturated carbocycles. The van der Waals surface area contributed by atoms with Crippen LogP contribution in [0.15, 0.2) is 28.7 Å². The quantitative estimate of drug-likeness (QED) is 0.895. The Balaban J connectivity index is 2.16. The second-order valence-electron chi connectivity index (χ2n) is 5.07. The fourth-order valence-corrected chi connectivity index (χ4v) is 3.04. The van der Waals surface area contributed by atoms with Crippen LogP contribution in [0.3, 0.4) is 0 Å². The van der Waals surface area contributed by atoms with Gasteiger partial charge < -0.3 is 10.5 Å². The largest absolute Gasteiger partial charge is 0.377 e. The number of nitrogens with zero attached hydrogens (tertiary/aromatic N) is 1. The van der Waals surface area contributed by atoms with Crippen LogP contribution in [0, 0.1) is 0 Å². The van der Waals surface area contributed by atoms with Gasteiger partial charge in [-0.15, -0.1) is 0 Å². The molecule has 1 aromatic rings. The van der Waals surface area contributed by atoms with Crippen molar-refractivity contribution in [1.82, 2.24) is 4.90 Å². The lowest BCUT2D eigenvalue weighted by Crippen LogP contribution is -2.46. The molecule has 0 radical (unpaired) electrons.